The lowest BCUT2D eigenvalue weighted by atomic mass is 10.0. The second-order valence-corrected chi connectivity index (χ2v) is 3.94. The molecular formula is C11H16. The molecule has 0 heteroatoms. The van der Waals surface area contributed by atoms with Crippen LogP contribution in [0.2, 0.25) is 0 Å². The summed E-state index contributed by atoms with van der Waals surface area (Å²) in [6.07, 6.45) is 13.6. The molecule has 0 saturated heterocycles. The van der Waals surface area contributed by atoms with E-state index in [0.29, 0.717) is 5.41 Å². The van der Waals surface area contributed by atoms with Crippen molar-refractivity contribution in [3.05, 3.63) is 24.8 Å². The first kappa shape index (κ1) is 7.15. The Morgan fingerprint density at radius 2 is 2.55 bits per heavy atom. The number of rotatable bonds is 3. The van der Waals surface area contributed by atoms with Crippen molar-refractivity contribution in [2.24, 2.45) is 11.3 Å². The number of hydrogen-bond donors (Lipinski definition) is 0. The minimum atomic E-state index is 0.684. The van der Waals surface area contributed by atoms with Gasteiger partial charge in [-0.3, -0.25) is 0 Å². The summed E-state index contributed by atoms with van der Waals surface area (Å²) in [5, 5.41) is 0. The fraction of sp³-hybridized carbons (Fsp3) is 0.636. The maximum Gasteiger partial charge on any atom is -0.00837 e. The van der Waals surface area contributed by atoms with Crippen LogP contribution < -0.4 is 0 Å². The summed E-state index contributed by atoms with van der Waals surface area (Å²) < 4.78 is 0. The molecule has 1 saturated carbocycles. The van der Waals surface area contributed by atoms with Gasteiger partial charge >= 0.3 is 0 Å². The van der Waals surface area contributed by atoms with Gasteiger partial charge in [-0.1, -0.05) is 18.2 Å². The standard InChI is InChI=1S/C11H16/c1-2-3-6-10-9-11(10)7-4-5-8-11/h2,4,7,10H,1,3,5-6,8-9H2/t10-,11+/m1/s1. The van der Waals surface area contributed by atoms with E-state index in [9.17, 15) is 0 Å². The van der Waals surface area contributed by atoms with Crippen LogP contribution in [0.4, 0.5) is 0 Å². The van der Waals surface area contributed by atoms with Gasteiger partial charge in [-0.15, -0.1) is 6.58 Å². The molecule has 11 heavy (non-hydrogen) atoms. The summed E-state index contributed by atoms with van der Waals surface area (Å²) in [4.78, 5) is 0. The maximum absolute atomic E-state index is 3.76. The molecule has 1 spiro atoms. The molecule has 60 valence electrons. The van der Waals surface area contributed by atoms with Crippen molar-refractivity contribution in [3.8, 4) is 0 Å². The minimum Gasteiger partial charge on any atom is -0.103 e. The fourth-order valence-electron chi connectivity index (χ4n) is 2.37. The van der Waals surface area contributed by atoms with Gasteiger partial charge in [-0.05, 0) is 43.4 Å². The Morgan fingerprint density at radius 3 is 3.18 bits per heavy atom. The third kappa shape index (κ3) is 1.15. The maximum atomic E-state index is 3.76. The van der Waals surface area contributed by atoms with E-state index in [2.05, 4.69) is 18.7 Å². The molecule has 0 aromatic carbocycles. The summed E-state index contributed by atoms with van der Waals surface area (Å²) >= 11 is 0. The van der Waals surface area contributed by atoms with Crippen LogP contribution in [0.15, 0.2) is 24.8 Å². The highest BCUT2D eigenvalue weighted by Gasteiger charge is 2.51. The summed E-state index contributed by atoms with van der Waals surface area (Å²) in [5.41, 5.74) is 0.684. The Bertz CT molecular complexity index is 190. The van der Waals surface area contributed by atoms with Crippen LogP contribution in [0.25, 0.3) is 0 Å². The Hall–Kier alpha value is -0.520. The van der Waals surface area contributed by atoms with Gasteiger partial charge in [0, 0.05) is 0 Å². The van der Waals surface area contributed by atoms with E-state index in [1.165, 1.54) is 32.1 Å². The Morgan fingerprint density at radius 1 is 1.64 bits per heavy atom. The van der Waals surface area contributed by atoms with Crippen LogP contribution in [0.1, 0.15) is 32.1 Å². The summed E-state index contributed by atoms with van der Waals surface area (Å²) in [6.45, 7) is 3.76. The lowest BCUT2D eigenvalue weighted by molar-refractivity contribution is 0.532. The van der Waals surface area contributed by atoms with Crippen molar-refractivity contribution in [1.82, 2.24) is 0 Å². The smallest absolute Gasteiger partial charge is 0.00837 e. The summed E-state index contributed by atoms with van der Waals surface area (Å²) in [7, 11) is 0. The molecule has 0 amide bonds. The van der Waals surface area contributed by atoms with E-state index >= 15 is 0 Å². The van der Waals surface area contributed by atoms with Gasteiger partial charge in [0.1, 0.15) is 0 Å². The largest absolute Gasteiger partial charge is 0.103 e. The van der Waals surface area contributed by atoms with Gasteiger partial charge in [0.2, 0.25) is 0 Å². The molecule has 0 aromatic rings. The van der Waals surface area contributed by atoms with Crippen molar-refractivity contribution in [2.45, 2.75) is 32.1 Å². The number of hydrogen-bond acceptors (Lipinski definition) is 0. The topological polar surface area (TPSA) is 0 Å². The Kier molecular flexibility index (Phi) is 1.63. The molecule has 0 aliphatic heterocycles. The zero-order valence-corrected chi connectivity index (χ0v) is 7.05. The zero-order valence-electron chi connectivity index (χ0n) is 7.05. The molecule has 0 heterocycles. The van der Waals surface area contributed by atoms with Gasteiger partial charge in [0.05, 0.1) is 0 Å². The molecule has 0 unspecified atom stereocenters. The fourth-order valence-corrected chi connectivity index (χ4v) is 2.37. The van der Waals surface area contributed by atoms with Crippen LogP contribution in [0, 0.1) is 11.3 Å². The Balaban J connectivity index is 1.84. The molecule has 2 rings (SSSR count). The van der Waals surface area contributed by atoms with E-state index in [1.54, 1.807) is 0 Å². The van der Waals surface area contributed by atoms with E-state index in [0.717, 1.165) is 5.92 Å². The van der Waals surface area contributed by atoms with Crippen molar-refractivity contribution >= 4 is 0 Å². The highest BCUT2D eigenvalue weighted by atomic mass is 14.6. The molecule has 2 aliphatic rings. The van der Waals surface area contributed by atoms with Crippen LogP contribution in [0.3, 0.4) is 0 Å². The van der Waals surface area contributed by atoms with E-state index in [-0.39, 0.29) is 0 Å². The highest BCUT2D eigenvalue weighted by molar-refractivity contribution is 5.19. The van der Waals surface area contributed by atoms with Crippen LogP contribution >= 0.6 is 0 Å². The van der Waals surface area contributed by atoms with Gasteiger partial charge < -0.3 is 0 Å². The van der Waals surface area contributed by atoms with Gasteiger partial charge in [-0.2, -0.15) is 0 Å². The minimum absolute atomic E-state index is 0.684. The number of allylic oxidation sites excluding steroid dienone is 3. The first-order valence-corrected chi connectivity index (χ1v) is 4.66. The van der Waals surface area contributed by atoms with Gasteiger partial charge in [0.25, 0.3) is 0 Å². The molecular weight excluding hydrogens is 132 g/mol. The Labute approximate surface area is 69.0 Å². The van der Waals surface area contributed by atoms with Crippen molar-refractivity contribution < 1.29 is 0 Å². The lowest BCUT2D eigenvalue weighted by Gasteiger charge is -2.03. The monoisotopic (exact) mass is 148 g/mol. The molecule has 0 nitrogen and oxygen atoms in total. The highest BCUT2D eigenvalue weighted by Crippen LogP contribution is 2.61. The van der Waals surface area contributed by atoms with Crippen LogP contribution in [-0.2, 0) is 0 Å². The predicted octanol–water partition coefficient (Wildman–Crippen LogP) is 3.31. The summed E-state index contributed by atoms with van der Waals surface area (Å²) in [5.74, 6) is 0.999. The quantitative estimate of drug-likeness (QED) is 0.539. The van der Waals surface area contributed by atoms with Gasteiger partial charge in [-0.25, -0.2) is 0 Å². The first-order valence-electron chi connectivity index (χ1n) is 4.66. The van der Waals surface area contributed by atoms with Crippen LogP contribution in [-0.4, -0.2) is 0 Å². The second kappa shape index (κ2) is 2.51. The molecule has 2 atom stereocenters. The SMILES string of the molecule is C=CCC[C@@H]1C[C@@]12C=CCC2. The average molecular weight is 148 g/mol. The molecule has 0 radical (unpaired) electrons. The molecule has 2 aliphatic carbocycles. The van der Waals surface area contributed by atoms with Crippen molar-refractivity contribution in [1.29, 1.82) is 0 Å². The zero-order chi connectivity index (χ0) is 7.73. The van der Waals surface area contributed by atoms with Crippen LogP contribution in [0.5, 0.6) is 0 Å². The lowest BCUT2D eigenvalue weighted by Crippen LogP contribution is -1.94. The van der Waals surface area contributed by atoms with E-state index in [1.807, 2.05) is 6.08 Å². The molecule has 0 N–H and O–H groups in total. The van der Waals surface area contributed by atoms with Gasteiger partial charge in [0.15, 0.2) is 0 Å². The summed E-state index contributed by atoms with van der Waals surface area (Å²) in [6, 6.07) is 0. The first-order chi connectivity index (χ1) is 5.37. The van der Waals surface area contributed by atoms with Crippen molar-refractivity contribution in [3.63, 3.8) is 0 Å². The second-order valence-electron chi connectivity index (χ2n) is 3.94. The predicted molar refractivity (Wildman–Crippen MR) is 48.3 cm³/mol. The molecule has 1 fully saturated rings. The third-order valence-electron chi connectivity index (χ3n) is 3.22. The normalized spacial score (nSPS) is 39.8. The third-order valence-corrected chi connectivity index (χ3v) is 3.22. The molecule has 0 aromatic heterocycles. The van der Waals surface area contributed by atoms with E-state index in [4.69, 9.17) is 0 Å². The average Bonchev–Trinajstić information content (AvgIpc) is 2.41. The van der Waals surface area contributed by atoms with E-state index < -0.39 is 0 Å². The van der Waals surface area contributed by atoms with Crippen molar-refractivity contribution in [2.75, 3.05) is 0 Å². The molecule has 0 bridgehead atoms.